The van der Waals surface area contributed by atoms with E-state index in [9.17, 15) is 0 Å². The zero-order valence-electron chi connectivity index (χ0n) is 12.9. The number of nitrogens with one attached hydrogen (secondary N) is 1. The summed E-state index contributed by atoms with van der Waals surface area (Å²) < 4.78 is 6.69. The molecule has 21 heavy (non-hydrogen) atoms. The Morgan fingerprint density at radius 3 is 2.76 bits per heavy atom. The predicted molar refractivity (Wildman–Crippen MR) is 94.6 cm³/mol. The second-order valence-corrected chi connectivity index (χ2v) is 7.11. The van der Waals surface area contributed by atoms with Gasteiger partial charge in [0.15, 0.2) is 5.75 Å². The average Bonchev–Trinajstić information content (AvgIpc) is 2.68. The van der Waals surface area contributed by atoms with E-state index in [-0.39, 0.29) is 0 Å². The first-order chi connectivity index (χ1) is 10.1. The van der Waals surface area contributed by atoms with Gasteiger partial charge >= 0.3 is 0 Å². The molecule has 4 heteroatoms. The maximum atomic E-state index is 6.19. The van der Waals surface area contributed by atoms with Crippen molar-refractivity contribution < 1.29 is 4.74 Å². The van der Waals surface area contributed by atoms with Gasteiger partial charge in [-0.25, -0.2) is 0 Å². The second-order valence-electron chi connectivity index (χ2n) is 5.82. The molecular weight excluding hydrogens is 350 g/mol. The van der Waals surface area contributed by atoms with Gasteiger partial charge in [0.2, 0.25) is 0 Å². The van der Waals surface area contributed by atoms with Crippen LogP contribution in [0.5, 0.6) is 5.75 Å². The van der Waals surface area contributed by atoms with Crippen molar-refractivity contribution in [1.29, 1.82) is 0 Å². The monoisotopic (exact) mass is 373 g/mol. The molecule has 0 bridgehead atoms. The Labute approximate surface area is 141 Å². The van der Waals surface area contributed by atoms with Crippen LogP contribution in [0.1, 0.15) is 52.4 Å². The first kappa shape index (κ1) is 17.0. The molecule has 2 unspecified atom stereocenters. The maximum absolute atomic E-state index is 6.19. The Hall–Kier alpha value is -0.410. The molecule has 1 N–H and O–H groups in total. The molecule has 1 aliphatic rings. The molecule has 0 heterocycles. The van der Waals surface area contributed by atoms with Gasteiger partial charge in [-0.2, -0.15) is 0 Å². The second kappa shape index (κ2) is 8.28. The maximum Gasteiger partial charge on any atom is 0.156 e. The molecule has 0 aliphatic heterocycles. The Morgan fingerprint density at radius 2 is 2.05 bits per heavy atom. The van der Waals surface area contributed by atoms with Crippen molar-refractivity contribution in [2.24, 2.45) is 5.92 Å². The molecule has 2 rings (SSSR count). The highest BCUT2D eigenvalue weighted by atomic mass is 79.9. The third-order valence-corrected chi connectivity index (χ3v) is 5.13. The average molecular weight is 375 g/mol. The number of benzene rings is 1. The Kier molecular flexibility index (Phi) is 6.69. The molecule has 0 aromatic heterocycles. The van der Waals surface area contributed by atoms with Crippen LogP contribution in [0.25, 0.3) is 0 Å². The van der Waals surface area contributed by atoms with E-state index in [1.165, 1.54) is 38.5 Å². The van der Waals surface area contributed by atoms with E-state index in [2.05, 4.69) is 28.2 Å². The molecule has 0 amide bonds. The minimum atomic E-state index is 0.520. The Morgan fingerprint density at radius 1 is 1.24 bits per heavy atom. The van der Waals surface area contributed by atoms with Crippen LogP contribution >= 0.6 is 27.5 Å². The minimum absolute atomic E-state index is 0.520. The number of hydrogen-bond acceptors (Lipinski definition) is 2. The van der Waals surface area contributed by atoms with Crippen molar-refractivity contribution in [3.05, 3.63) is 21.6 Å². The van der Waals surface area contributed by atoms with E-state index in [0.29, 0.717) is 12.6 Å². The molecule has 1 aliphatic carbocycles. The number of rotatable bonds is 5. The summed E-state index contributed by atoms with van der Waals surface area (Å²) in [6.45, 7) is 4.96. The lowest BCUT2D eigenvalue weighted by Crippen LogP contribution is -2.19. The lowest BCUT2D eigenvalue weighted by Gasteiger charge is -2.21. The van der Waals surface area contributed by atoms with Crippen molar-refractivity contribution in [3.8, 4) is 5.75 Å². The SMILES string of the molecule is CCOc1c(Br)cc(Cl)cc1NC1CCCC(CC)CC1. The van der Waals surface area contributed by atoms with Gasteiger partial charge in [-0.05, 0) is 60.2 Å². The lowest BCUT2D eigenvalue weighted by molar-refractivity contribution is 0.339. The summed E-state index contributed by atoms with van der Waals surface area (Å²) in [6, 6.07) is 4.38. The molecule has 1 aromatic carbocycles. The Bertz CT molecular complexity index is 466. The van der Waals surface area contributed by atoms with Crippen molar-refractivity contribution >= 4 is 33.2 Å². The largest absolute Gasteiger partial charge is 0.491 e. The van der Waals surface area contributed by atoms with Gasteiger partial charge in [0.25, 0.3) is 0 Å². The van der Waals surface area contributed by atoms with E-state index in [1.54, 1.807) is 0 Å². The number of anilines is 1. The number of halogens is 2. The third kappa shape index (κ3) is 4.79. The summed E-state index contributed by atoms with van der Waals surface area (Å²) in [7, 11) is 0. The van der Waals surface area contributed by atoms with Crippen molar-refractivity contribution in [2.45, 2.75) is 58.4 Å². The highest BCUT2D eigenvalue weighted by Crippen LogP contribution is 2.38. The van der Waals surface area contributed by atoms with Crippen LogP contribution in [0.15, 0.2) is 16.6 Å². The van der Waals surface area contributed by atoms with Gasteiger partial charge in [-0.15, -0.1) is 0 Å². The smallest absolute Gasteiger partial charge is 0.156 e. The topological polar surface area (TPSA) is 21.3 Å². The summed E-state index contributed by atoms with van der Waals surface area (Å²) in [6.07, 6.45) is 7.76. The summed E-state index contributed by atoms with van der Waals surface area (Å²) >= 11 is 9.74. The zero-order valence-corrected chi connectivity index (χ0v) is 15.3. The zero-order chi connectivity index (χ0) is 15.2. The lowest BCUT2D eigenvalue weighted by atomic mass is 9.98. The van der Waals surface area contributed by atoms with Gasteiger partial charge in [0, 0.05) is 11.1 Å². The van der Waals surface area contributed by atoms with Crippen molar-refractivity contribution in [1.82, 2.24) is 0 Å². The fourth-order valence-electron chi connectivity index (χ4n) is 3.11. The first-order valence-electron chi connectivity index (χ1n) is 8.02. The third-order valence-electron chi connectivity index (χ3n) is 4.32. The summed E-state index contributed by atoms with van der Waals surface area (Å²) in [4.78, 5) is 0. The number of ether oxygens (including phenoxy) is 1. The Balaban J connectivity index is 2.11. The van der Waals surface area contributed by atoms with Gasteiger partial charge in [-0.3, -0.25) is 0 Å². The van der Waals surface area contributed by atoms with Crippen LogP contribution < -0.4 is 10.1 Å². The van der Waals surface area contributed by atoms with Crippen LogP contribution in [0.2, 0.25) is 5.02 Å². The molecule has 0 radical (unpaired) electrons. The predicted octanol–water partition coefficient (Wildman–Crippen LogP) is 6.27. The first-order valence-corrected chi connectivity index (χ1v) is 9.19. The highest BCUT2D eigenvalue weighted by Gasteiger charge is 2.19. The highest BCUT2D eigenvalue weighted by molar-refractivity contribution is 9.10. The molecule has 0 saturated heterocycles. The van der Waals surface area contributed by atoms with Crippen LogP contribution in [-0.4, -0.2) is 12.6 Å². The molecule has 2 nitrogen and oxygen atoms in total. The molecular formula is C17H25BrClNO. The molecule has 0 spiro atoms. The molecule has 1 aromatic rings. The number of hydrogen-bond donors (Lipinski definition) is 1. The molecule has 118 valence electrons. The van der Waals surface area contributed by atoms with E-state index in [0.717, 1.165) is 26.9 Å². The normalized spacial score (nSPS) is 22.7. The van der Waals surface area contributed by atoms with Crippen LogP contribution in [0.4, 0.5) is 5.69 Å². The van der Waals surface area contributed by atoms with Gasteiger partial charge in [0.05, 0.1) is 16.8 Å². The van der Waals surface area contributed by atoms with Gasteiger partial charge < -0.3 is 10.1 Å². The molecule has 2 atom stereocenters. The van der Waals surface area contributed by atoms with E-state index >= 15 is 0 Å². The van der Waals surface area contributed by atoms with E-state index in [1.807, 2.05) is 19.1 Å². The van der Waals surface area contributed by atoms with Gasteiger partial charge in [0.1, 0.15) is 0 Å². The standard InChI is InChI=1S/C17H25BrClNO/c1-3-12-6-5-7-14(9-8-12)20-16-11-13(19)10-15(18)17(16)21-4-2/h10-12,14,20H,3-9H2,1-2H3. The quantitative estimate of drug-likeness (QED) is 0.613. The minimum Gasteiger partial charge on any atom is -0.491 e. The summed E-state index contributed by atoms with van der Waals surface area (Å²) in [5.74, 6) is 1.77. The fourth-order valence-corrected chi connectivity index (χ4v) is 4.03. The van der Waals surface area contributed by atoms with Crippen molar-refractivity contribution in [2.75, 3.05) is 11.9 Å². The van der Waals surface area contributed by atoms with Crippen LogP contribution in [0.3, 0.4) is 0 Å². The van der Waals surface area contributed by atoms with Crippen LogP contribution in [0, 0.1) is 5.92 Å². The summed E-state index contributed by atoms with van der Waals surface area (Å²) in [5, 5.41) is 4.39. The molecule has 1 fully saturated rings. The van der Waals surface area contributed by atoms with E-state index < -0.39 is 0 Å². The van der Waals surface area contributed by atoms with Gasteiger partial charge in [-0.1, -0.05) is 37.8 Å². The molecule has 1 saturated carbocycles. The van der Waals surface area contributed by atoms with Crippen molar-refractivity contribution in [3.63, 3.8) is 0 Å². The fraction of sp³-hybridized carbons (Fsp3) is 0.647. The summed E-state index contributed by atoms with van der Waals surface area (Å²) in [5.41, 5.74) is 1.01. The van der Waals surface area contributed by atoms with Crippen LogP contribution in [-0.2, 0) is 0 Å². The van der Waals surface area contributed by atoms with E-state index in [4.69, 9.17) is 16.3 Å².